The highest BCUT2D eigenvalue weighted by Gasteiger charge is 2.26. The number of hydrogen-bond donors (Lipinski definition) is 1. The number of piperazine rings is 1. The van der Waals surface area contributed by atoms with E-state index in [0.29, 0.717) is 41.2 Å². The average molecular weight is 487 g/mol. The second-order valence-corrected chi connectivity index (χ2v) is 9.88. The first-order chi connectivity index (χ1) is 17.6. The van der Waals surface area contributed by atoms with E-state index in [0.717, 1.165) is 48.9 Å². The van der Waals surface area contributed by atoms with Crippen LogP contribution in [0, 0.1) is 5.82 Å². The zero-order valence-corrected chi connectivity index (χ0v) is 20.7. The van der Waals surface area contributed by atoms with Crippen molar-refractivity contribution < 1.29 is 9.13 Å². The molecule has 186 valence electrons. The monoisotopic (exact) mass is 486 g/mol. The van der Waals surface area contributed by atoms with Crippen molar-refractivity contribution in [3.63, 3.8) is 0 Å². The molecular weight excluding hydrogens is 455 g/mol. The summed E-state index contributed by atoms with van der Waals surface area (Å²) >= 11 is 0. The molecule has 0 unspecified atom stereocenters. The summed E-state index contributed by atoms with van der Waals surface area (Å²) in [6.07, 6.45) is 2.27. The molecule has 4 heterocycles. The van der Waals surface area contributed by atoms with Crippen LogP contribution >= 0.6 is 0 Å². The van der Waals surface area contributed by atoms with Crippen LogP contribution < -0.4 is 15.0 Å². The fourth-order valence-corrected chi connectivity index (χ4v) is 5.42. The summed E-state index contributed by atoms with van der Waals surface area (Å²) in [6.45, 7) is 6.18. The molecule has 2 saturated heterocycles. The van der Waals surface area contributed by atoms with Gasteiger partial charge in [0.2, 0.25) is 0 Å². The van der Waals surface area contributed by atoms with Crippen LogP contribution in [0.15, 0.2) is 48.5 Å². The highest BCUT2D eigenvalue weighted by Crippen LogP contribution is 2.34. The van der Waals surface area contributed by atoms with Crippen molar-refractivity contribution in [1.29, 1.82) is 0 Å². The number of nitrogens with zero attached hydrogens (tertiary/aromatic N) is 5. The van der Waals surface area contributed by atoms with Crippen LogP contribution in [0.2, 0.25) is 0 Å². The minimum atomic E-state index is -0.382. The molecule has 4 aromatic rings. The smallest absolute Gasteiger partial charge is 0.320 e. The molecule has 6 rings (SSSR count). The van der Waals surface area contributed by atoms with Gasteiger partial charge >= 0.3 is 6.01 Å². The summed E-state index contributed by atoms with van der Waals surface area (Å²) in [5.41, 5.74) is 1.49. The molecule has 0 spiro atoms. The van der Waals surface area contributed by atoms with Gasteiger partial charge in [-0.25, -0.2) is 9.37 Å². The van der Waals surface area contributed by atoms with Crippen molar-refractivity contribution in [3.8, 4) is 17.3 Å². The average Bonchev–Trinajstić information content (AvgIpc) is 3.31. The molecule has 2 atom stereocenters. The Morgan fingerprint density at radius 2 is 1.92 bits per heavy atom. The standard InChI is InChI=1S/C28H31FN6O/c1-18-16-30-12-14-35(18)27-23-15-24(29)25(22-11-5-8-19-7-3-4-10-21(19)22)31-26(23)32-28(33-27)36-17-20-9-6-13-34(20)2/h3-5,7-8,10-11,15,18,20,30H,6,9,12-14,16-17H2,1-2H3/t18-,20+/m1/s1. The summed E-state index contributed by atoms with van der Waals surface area (Å²) in [5, 5.41) is 6.01. The predicted octanol–water partition coefficient (Wildman–Crippen LogP) is 4.26. The highest BCUT2D eigenvalue weighted by atomic mass is 19.1. The number of aromatic nitrogens is 3. The van der Waals surface area contributed by atoms with Crippen molar-refractivity contribution >= 4 is 27.6 Å². The van der Waals surface area contributed by atoms with Gasteiger partial charge in [-0.05, 0) is 50.2 Å². The van der Waals surface area contributed by atoms with Crippen LogP contribution in [-0.4, -0.2) is 71.8 Å². The maximum Gasteiger partial charge on any atom is 0.320 e. The molecule has 0 radical (unpaired) electrons. The molecule has 2 fully saturated rings. The number of likely N-dealkylation sites (tertiary alicyclic amines) is 1. The van der Waals surface area contributed by atoms with Gasteiger partial charge in [0, 0.05) is 37.3 Å². The maximum absolute atomic E-state index is 15.7. The Hall–Kier alpha value is -3.36. The molecule has 0 aliphatic carbocycles. The summed E-state index contributed by atoms with van der Waals surface area (Å²) in [6, 6.07) is 16.2. The van der Waals surface area contributed by atoms with Gasteiger partial charge in [-0.1, -0.05) is 42.5 Å². The Morgan fingerprint density at radius 3 is 2.75 bits per heavy atom. The van der Waals surface area contributed by atoms with Gasteiger partial charge in [0.05, 0.1) is 5.39 Å². The van der Waals surface area contributed by atoms with E-state index in [2.05, 4.69) is 34.1 Å². The molecule has 0 bridgehead atoms. The lowest BCUT2D eigenvalue weighted by Crippen LogP contribution is -2.50. The first-order valence-corrected chi connectivity index (χ1v) is 12.8. The van der Waals surface area contributed by atoms with E-state index >= 15 is 4.39 Å². The van der Waals surface area contributed by atoms with E-state index in [1.807, 2.05) is 42.5 Å². The number of likely N-dealkylation sites (N-methyl/N-ethyl adjacent to an activating group) is 1. The Morgan fingerprint density at radius 1 is 1.06 bits per heavy atom. The summed E-state index contributed by atoms with van der Waals surface area (Å²) < 4.78 is 21.8. The van der Waals surface area contributed by atoms with Crippen molar-refractivity contribution in [3.05, 3.63) is 54.3 Å². The molecule has 0 amide bonds. The van der Waals surface area contributed by atoms with Crippen molar-refractivity contribution in [2.24, 2.45) is 0 Å². The minimum absolute atomic E-state index is 0.200. The van der Waals surface area contributed by atoms with Crippen LogP contribution in [0.1, 0.15) is 19.8 Å². The number of fused-ring (bicyclic) bond motifs is 2. The molecule has 7 nitrogen and oxygen atoms in total. The quantitative estimate of drug-likeness (QED) is 0.452. The third-order valence-corrected chi connectivity index (χ3v) is 7.49. The molecular formula is C28H31FN6O. The van der Waals surface area contributed by atoms with Gasteiger partial charge < -0.3 is 19.9 Å². The van der Waals surface area contributed by atoms with Crippen LogP contribution in [0.3, 0.4) is 0 Å². The summed E-state index contributed by atoms with van der Waals surface area (Å²) in [7, 11) is 2.12. The number of hydrogen-bond acceptors (Lipinski definition) is 7. The molecule has 2 aliphatic rings. The molecule has 2 aliphatic heterocycles. The zero-order valence-electron chi connectivity index (χ0n) is 20.7. The Bertz CT molecular complexity index is 1410. The number of nitrogens with one attached hydrogen (secondary N) is 1. The van der Waals surface area contributed by atoms with E-state index in [1.165, 1.54) is 12.5 Å². The van der Waals surface area contributed by atoms with Gasteiger partial charge in [0.25, 0.3) is 0 Å². The highest BCUT2D eigenvalue weighted by molar-refractivity contribution is 5.97. The second-order valence-electron chi connectivity index (χ2n) is 9.88. The van der Waals surface area contributed by atoms with Gasteiger partial charge in [0.15, 0.2) is 5.65 Å². The first kappa shape index (κ1) is 23.1. The van der Waals surface area contributed by atoms with Crippen molar-refractivity contribution in [2.45, 2.75) is 31.8 Å². The third kappa shape index (κ3) is 4.24. The van der Waals surface area contributed by atoms with Crippen molar-refractivity contribution in [1.82, 2.24) is 25.2 Å². The molecule has 1 N–H and O–H groups in total. The largest absolute Gasteiger partial charge is 0.462 e. The van der Waals surface area contributed by atoms with Crippen LogP contribution in [-0.2, 0) is 0 Å². The fraction of sp³-hybridized carbons (Fsp3) is 0.393. The summed E-state index contributed by atoms with van der Waals surface area (Å²) in [5.74, 6) is 0.299. The number of benzene rings is 2. The van der Waals surface area contributed by atoms with Gasteiger partial charge in [-0.15, -0.1) is 0 Å². The molecule has 36 heavy (non-hydrogen) atoms. The van der Waals surface area contributed by atoms with E-state index in [1.54, 1.807) is 0 Å². The fourth-order valence-electron chi connectivity index (χ4n) is 5.42. The summed E-state index contributed by atoms with van der Waals surface area (Å²) in [4.78, 5) is 18.8. The van der Waals surface area contributed by atoms with E-state index < -0.39 is 0 Å². The van der Waals surface area contributed by atoms with Crippen molar-refractivity contribution in [2.75, 3.05) is 44.7 Å². The Kier molecular flexibility index (Phi) is 6.15. The third-order valence-electron chi connectivity index (χ3n) is 7.49. The second kappa shape index (κ2) is 9.59. The SMILES string of the molecule is C[C@@H]1CNCCN1c1nc(OC[C@@H]2CCCN2C)nc2nc(-c3cccc4ccccc34)c(F)cc12. The zero-order chi connectivity index (χ0) is 24.6. The van der Waals surface area contributed by atoms with Crippen LogP contribution in [0.25, 0.3) is 33.1 Å². The number of pyridine rings is 1. The van der Waals surface area contributed by atoms with Crippen LogP contribution in [0.4, 0.5) is 10.2 Å². The molecule has 2 aromatic carbocycles. The van der Waals surface area contributed by atoms with Gasteiger partial charge in [-0.2, -0.15) is 9.97 Å². The van der Waals surface area contributed by atoms with Gasteiger partial charge in [0.1, 0.15) is 23.9 Å². The molecule has 8 heteroatoms. The van der Waals surface area contributed by atoms with E-state index in [4.69, 9.17) is 14.7 Å². The minimum Gasteiger partial charge on any atom is -0.462 e. The molecule has 2 aromatic heterocycles. The lowest BCUT2D eigenvalue weighted by molar-refractivity contribution is 0.188. The molecule has 0 saturated carbocycles. The topological polar surface area (TPSA) is 66.4 Å². The number of ether oxygens (including phenoxy) is 1. The normalized spacial score (nSPS) is 20.9. The first-order valence-electron chi connectivity index (χ1n) is 12.8. The predicted molar refractivity (Wildman–Crippen MR) is 141 cm³/mol. The Balaban J connectivity index is 1.47. The van der Waals surface area contributed by atoms with E-state index in [-0.39, 0.29) is 11.9 Å². The number of halogens is 1. The maximum atomic E-state index is 15.7. The lowest BCUT2D eigenvalue weighted by atomic mass is 10.0. The number of rotatable bonds is 5. The van der Waals surface area contributed by atoms with E-state index in [9.17, 15) is 0 Å². The lowest BCUT2D eigenvalue weighted by Gasteiger charge is -2.35. The van der Waals surface area contributed by atoms with Gasteiger partial charge in [-0.3, -0.25) is 0 Å². The van der Waals surface area contributed by atoms with Crippen LogP contribution in [0.5, 0.6) is 6.01 Å². The Labute approximate surface area is 210 Å². The number of anilines is 1.